The Balaban J connectivity index is 2.13. The molecule has 6 heteroatoms. The molecule has 124 valence electrons. The average Bonchev–Trinajstić information content (AvgIpc) is 2.98. The van der Waals surface area contributed by atoms with Gasteiger partial charge >= 0.3 is 0 Å². The third-order valence-electron chi connectivity index (χ3n) is 3.58. The van der Waals surface area contributed by atoms with Gasteiger partial charge in [-0.05, 0) is 20.3 Å². The molecule has 0 saturated heterocycles. The van der Waals surface area contributed by atoms with E-state index in [1.165, 1.54) is 16.9 Å². The lowest BCUT2D eigenvalue weighted by atomic mass is 9.99. The molecule has 1 aromatic carbocycles. The SMILES string of the molecule is COCC(C)(CCO)NC(=O)c1csc(-c2ccc(C)cc2)n1. The van der Waals surface area contributed by atoms with E-state index in [4.69, 9.17) is 9.84 Å². The highest BCUT2D eigenvalue weighted by atomic mass is 32.1. The van der Waals surface area contributed by atoms with Crippen LogP contribution in [0.3, 0.4) is 0 Å². The number of aromatic nitrogens is 1. The van der Waals surface area contributed by atoms with Crippen LogP contribution in [0.1, 0.15) is 29.4 Å². The first-order valence-electron chi connectivity index (χ1n) is 7.42. The number of hydrogen-bond donors (Lipinski definition) is 2. The van der Waals surface area contributed by atoms with Crippen LogP contribution < -0.4 is 5.32 Å². The van der Waals surface area contributed by atoms with Gasteiger partial charge in [0.05, 0.1) is 12.1 Å². The van der Waals surface area contributed by atoms with E-state index >= 15 is 0 Å². The Kier molecular flexibility index (Phi) is 5.87. The first kappa shape index (κ1) is 17.6. The number of carbonyl (C=O) groups is 1. The van der Waals surface area contributed by atoms with Crippen molar-refractivity contribution in [1.29, 1.82) is 0 Å². The quantitative estimate of drug-likeness (QED) is 0.816. The lowest BCUT2D eigenvalue weighted by Gasteiger charge is -2.29. The minimum absolute atomic E-state index is 0.0220. The lowest BCUT2D eigenvalue weighted by molar-refractivity contribution is 0.0722. The zero-order valence-corrected chi connectivity index (χ0v) is 14.4. The van der Waals surface area contributed by atoms with E-state index < -0.39 is 5.54 Å². The maximum atomic E-state index is 12.4. The zero-order chi connectivity index (χ0) is 16.9. The van der Waals surface area contributed by atoms with Gasteiger partial charge in [-0.1, -0.05) is 29.8 Å². The Morgan fingerprint density at radius 3 is 2.70 bits per heavy atom. The molecule has 1 amide bonds. The normalized spacial score (nSPS) is 13.6. The number of aryl methyl sites for hydroxylation is 1. The van der Waals surface area contributed by atoms with Crippen molar-refractivity contribution in [2.75, 3.05) is 20.3 Å². The topological polar surface area (TPSA) is 71.5 Å². The number of benzene rings is 1. The van der Waals surface area contributed by atoms with Crippen LogP contribution >= 0.6 is 11.3 Å². The van der Waals surface area contributed by atoms with Gasteiger partial charge in [-0.3, -0.25) is 4.79 Å². The number of aliphatic hydroxyl groups excluding tert-OH is 1. The molecule has 2 N–H and O–H groups in total. The highest BCUT2D eigenvalue weighted by molar-refractivity contribution is 7.13. The summed E-state index contributed by atoms with van der Waals surface area (Å²) in [5, 5.41) is 14.6. The maximum absolute atomic E-state index is 12.4. The predicted octanol–water partition coefficient (Wildman–Crippen LogP) is 2.64. The van der Waals surface area contributed by atoms with Crippen LogP contribution in [0.4, 0.5) is 0 Å². The minimum Gasteiger partial charge on any atom is -0.396 e. The molecule has 0 spiro atoms. The van der Waals surface area contributed by atoms with Gasteiger partial charge in [0, 0.05) is 24.7 Å². The average molecular weight is 334 g/mol. The van der Waals surface area contributed by atoms with Crippen molar-refractivity contribution in [3.63, 3.8) is 0 Å². The first-order valence-corrected chi connectivity index (χ1v) is 8.30. The largest absolute Gasteiger partial charge is 0.396 e. The van der Waals surface area contributed by atoms with E-state index in [0.29, 0.717) is 18.7 Å². The first-order chi connectivity index (χ1) is 11.0. The molecule has 23 heavy (non-hydrogen) atoms. The van der Waals surface area contributed by atoms with Crippen LogP contribution in [0.15, 0.2) is 29.6 Å². The number of aliphatic hydroxyl groups is 1. The number of nitrogens with one attached hydrogen (secondary N) is 1. The molecule has 1 aromatic heterocycles. The van der Waals surface area contributed by atoms with E-state index in [2.05, 4.69) is 10.3 Å². The van der Waals surface area contributed by atoms with Crippen molar-refractivity contribution in [3.8, 4) is 10.6 Å². The van der Waals surface area contributed by atoms with Crippen LogP contribution in [0.2, 0.25) is 0 Å². The molecule has 1 atom stereocenters. The van der Waals surface area contributed by atoms with Crippen LogP contribution in [-0.4, -0.2) is 41.9 Å². The summed E-state index contributed by atoms with van der Waals surface area (Å²) < 4.78 is 5.14. The van der Waals surface area contributed by atoms with Gasteiger partial charge in [-0.25, -0.2) is 4.98 Å². The molecule has 0 fully saturated rings. The highest BCUT2D eigenvalue weighted by Gasteiger charge is 2.27. The fourth-order valence-electron chi connectivity index (χ4n) is 2.28. The second-order valence-corrected chi connectivity index (χ2v) is 6.68. The second-order valence-electron chi connectivity index (χ2n) is 5.83. The number of nitrogens with zero attached hydrogens (tertiary/aromatic N) is 1. The summed E-state index contributed by atoms with van der Waals surface area (Å²) in [6.45, 7) is 4.18. The fraction of sp³-hybridized carbons (Fsp3) is 0.412. The summed E-state index contributed by atoms with van der Waals surface area (Å²) in [5.41, 5.74) is 1.94. The minimum atomic E-state index is -0.617. The molecule has 0 aliphatic rings. The van der Waals surface area contributed by atoms with E-state index in [1.54, 1.807) is 12.5 Å². The smallest absolute Gasteiger partial charge is 0.271 e. The summed E-state index contributed by atoms with van der Waals surface area (Å²) in [6, 6.07) is 8.04. The van der Waals surface area contributed by atoms with Gasteiger partial charge in [-0.15, -0.1) is 11.3 Å². The molecule has 0 aliphatic carbocycles. The number of methoxy groups -OCH3 is 1. The van der Waals surface area contributed by atoms with Crippen molar-refractivity contribution >= 4 is 17.2 Å². The van der Waals surface area contributed by atoms with Crippen molar-refractivity contribution in [3.05, 3.63) is 40.9 Å². The lowest BCUT2D eigenvalue weighted by Crippen LogP contribution is -2.50. The molecule has 2 aromatic rings. The van der Waals surface area contributed by atoms with Gasteiger partial charge in [-0.2, -0.15) is 0 Å². The van der Waals surface area contributed by atoms with Gasteiger partial charge < -0.3 is 15.2 Å². The zero-order valence-electron chi connectivity index (χ0n) is 13.6. The van der Waals surface area contributed by atoms with Gasteiger partial charge in [0.1, 0.15) is 10.7 Å². The van der Waals surface area contributed by atoms with Crippen molar-refractivity contribution in [1.82, 2.24) is 10.3 Å². The van der Waals surface area contributed by atoms with E-state index in [9.17, 15) is 4.79 Å². The Labute approximate surface area is 140 Å². The van der Waals surface area contributed by atoms with Crippen molar-refractivity contribution < 1.29 is 14.6 Å². The van der Waals surface area contributed by atoms with Crippen LogP contribution in [-0.2, 0) is 4.74 Å². The summed E-state index contributed by atoms with van der Waals surface area (Å²) >= 11 is 1.44. The standard InChI is InChI=1S/C17H22N2O3S/c1-12-4-6-13(7-5-12)16-18-14(10-23-16)15(21)19-17(2,8-9-20)11-22-3/h4-7,10,20H,8-9,11H2,1-3H3,(H,19,21). The molecule has 0 saturated carbocycles. The molecule has 1 heterocycles. The number of carbonyl (C=O) groups excluding carboxylic acids is 1. The van der Waals surface area contributed by atoms with Crippen LogP contribution in [0.5, 0.6) is 0 Å². The maximum Gasteiger partial charge on any atom is 0.271 e. The van der Waals surface area contributed by atoms with Crippen molar-refractivity contribution in [2.45, 2.75) is 25.8 Å². The Morgan fingerprint density at radius 1 is 1.39 bits per heavy atom. The Bertz CT molecular complexity index is 646. The molecule has 5 nitrogen and oxygen atoms in total. The molecular weight excluding hydrogens is 312 g/mol. The number of amides is 1. The van der Waals surface area contributed by atoms with Gasteiger partial charge in [0.2, 0.25) is 0 Å². The van der Waals surface area contributed by atoms with Crippen LogP contribution in [0.25, 0.3) is 10.6 Å². The Morgan fingerprint density at radius 2 is 2.09 bits per heavy atom. The molecule has 0 radical (unpaired) electrons. The monoisotopic (exact) mass is 334 g/mol. The van der Waals surface area contributed by atoms with E-state index in [0.717, 1.165) is 10.6 Å². The highest BCUT2D eigenvalue weighted by Crippen LogP contribution is 2.24. The Hall–Kier alpha value is -1.76. The molecule has 1 unspecified atom stereocenters. The van der Waals surface area contributed by atoms with Crippen LogP contribution in [0, 0.1) is 6.92 Å². The second kappa shape index (κ2) is 7.68. The third kappa shape index (κ3) is 4.60. The number of rotatable bonds is 7. The number of hydrogen-bond acceptors (Lipinski definition) is 5. The third-order valence-corrected chi connectivity index (χ3v) is 4.47. The predicted molar refractivity (Wildman–Crippen MR) is 91.7 cm³/mol. The molecule has 0 bridgehead atoms. The number of ether oxygens (including phenoxy) is 1. The van der Waals surface area contributed by atoms with E-state index in [-0.39, 0.29) is 12.5 Å². The summed E-state index contributed by atoms with van der Waals surface area (Å²) in [6.07, 6.45) is 0.418. The molecular formula is C17H22N2O3S. The molecule has 2 rings (SSSR count). The summed E-state index contributed by atoms with van der Waals surface area (Å²) in [4.78, 5) is 16.8. The molecule has 0 aliphatic heterocycles. The number of thiazole rings is 1. The fourth-order valence-corrected chi connectivity index (χ4v) is 3.09. The summed E-state index contributed by atoms with van der Waals surface area (Å²) in [7, 11) is 1.57. The summed E-state index contributed by atoms with van der Waals surface area (Å²) in [5.74, 6) is -0.257. The van der Waals surface area contributed by atoms with Gasteiger partial charge in [0.25, 0.3) is 5.91 Å². The van der Waals surface area contributed by atoms with Gasteiger partial charge in [0.15, 0.2) is 0 Å². The van der Waals surface area contributed by atoms with E-state index in [1.807, 2.05) is 38.1 Å². The van der Waals surface area contributed by atoms with Crippen molar-refractivity contribution in [2.24, 2.45) is 0 Å².